The number of hydrogen-bond acceptors (Lipinski definition) is 4. The van der Waals surface area contributed by atoms with Crippen molar-refractivity contribution >= 4 is 22.4 Å². The molecule has 4 rings (SSSR count). The summed E-state index contributed by atoms with van der Waals surface area (Å²) in [5, 5.41) is 0. The Labute approximate surface area is 199 Å². The van der Waals surface area contributed by atoms with Crippen LogP contribution in [-0.2, 0) is 6.42 Å². The van der Waals surface area contributed by atoms with Gasteiger partial charge >= 0.3 is 0 Å². The lowest BCUT2D eigenvalue weighted by molar-refractivity contribution is 0.610. The van der Waals surface area contributed by atoms with Crippen LogP contribution in [0, 0.1) is 5.82 Å². The third-order valence-electron chi connectivity index (χ3n) is 5.82. The Kier molecular flexibility index (Phi) is 6.97. The van der Waals surface area contributed by atoms with Gasteiger partial charge < -0.3 is 10.7 Å². The lowest BCUT2D eigenvalue weighted by Gasteiger charge is -2.12. The predicted octanol–water partition coefficient (Wildman–Crippen LogP) is 6.65. The van der Waals surface area contributed by atoms with Gasteiger partial charge in [-0.2, -0.15) is 0 Å². The first-order valence-corrected chi connectivity index (χ1v) is 11.4. The minimum absolute atomic E-state index is 0.224. The van der Waals surface area contributed by atoms with Gasteiger partial charge in [-0.05, 0) is 60.4 Å². The second kappa shape index (κ2) is 10.3. The fourth-order valence-corrected chi connectivity index (χ4v) is 4.06. The molecule has 3 N–H and O–H groups in total. The molecule has 0 saturated carbocycles. The summed E-state index contributed by atoms with van der Waals surface area (Å²) in [5.41, 5.74) is 12.7. The maximum absolute atomic E-state index is 15.8. The van der Waals surface area contributed by atoms with Crippen LogP contribution in [0.3, 0.4) is 0 Å². The Hall–Kier alpha value is -4.06. The van der Waals surface area contributed by atoms with Crippen molar-refractivity contribution in [1.82, 2.24) is 19.9 Å². The minimum atomic E-state index is -0.341. The molecule has 0 fully saturated rings. The standard InChI is InChI=1S/C28H28FN5/c1-4-7-18(5-2)16-19(6-3)21-8-9-24(30)23(26(21)29)17-25-33-27-22(12-15-32-28(27)34-25)20-10-13-31-14-11-20/h5-6,8-16H,2,4,7,17,30H2,1,3H3,(H,32,33,34)/b18-16+,19-6+. The van der Waals surface area contributed by atoms with Crippen LogP contribution in [0.2, 0.25) is 0 Å². The number of anilines is 1. The zero-order valence-electron chi connectivity index (χ0n) is 19.5. The van der Waals surface area contributed by atoms with Crippen molar-refractivity contribution < 1.29 is 4.39 Å². The van der Waals surface area contributed by atoms with Crippen LogP contribution < -0.4 is 5.73 Å². The lowest BCUT2D eigenvalue weighted by Crippen LogP contribution is -2.04. The zero-order chi connectivity index (χ0) is 24.1. The molecule has 3 heterocycles. The summed E-state index contributed by atoms with van der Waals surface area (Å²) < 4.78 is 15.8. The summed E-state index contributed by atoms with van der Waals surface area (Å²) in [4.78, 5) is 16.4. The van der Waals surface area contributed by atoms with E-state index >= 15 is 4.39 Å². The number of imidazole rings is 1. The van der Waals surface area contributed by atoms with E-state index in [-0.39, 0.29) is 12.2 Å². The predicted molar refractivity (Wildman–Crippen MR) is 138 cm³/mol. The summed E-state index contributed by atoms with van der Waals surface area (Å²) in [6, 6.07) is 9.26. The average molecular weight is 454 g/mol. The molecule has 0 amide bonds. The molecule has 5 nitrogen and oxygen atoms in total. The maximum Gasteiger partial charge on any atom is 0.178 e. The smallest absolute Gasteiger partial charge is 0.178 e. The Balaban J connectivity index is 1.73. The minimum Gasteiger partial charge on any atom is -0.398 e. The molecular weight excluding hydrogens is 425 g/mol. The topological polar surface area (TPSA) is 80.5 Å². The monoisotopic (exact) mass is 453 g/mol. The van der Waals surface area contributed by atoms with Crippen molar-refractivity contribution in [3.05, 3.63) is 102 Å². The molecule has 172 valence electrons. The molecular formula is C28H28FN5. The Morgan fingerprint density at radius 1 is 1.15 bits per heavy atom. The van der Waals surface area contributed by atoms with Crippen LogP contribution in [-0.4, -0.2) is 19.9 Å². The molecule has 0 spiro atoms. The number of rotatable bonds is 8. The fourth-order valence-electron chi connectivity index (χ4n) is 4.06. The van der Waals surface area contributed by atoms with E-state index in [1.165, 1.54) is 0 Å². The molecule has 0 bridgehead atoms. The second-order valence-electron chi connectivity index (χ2n) is 8.07. The lowest BCUT2D eigenvalue weighted by atomic mass is 9.96. The highest BCUT2D eigenvalue weighted by molar-refractivity contribution is 5.89. The summed E-state index contributed by atoms with van der Waals surface area (Å²) in [7, 11) is 0. The second-order valence-corrected chi connectivity index (χ2v) is 8.07. The number of nitrogen functional groups attached to an aromatic ring is 1. The fraction of sp³-hybridized carbons (Fsp3) is 0.179. The van der Waals surface area contributed by atoms with E-state index in [0.717, 1.165) is 40.6 Å². The van der Waals surface area contributed by atoms with E-state index in [1.807, 2.05) is 43.4 Å². The first-order chi connectivity index (χ1) is 16.5. The van der Waals surface area contributed by atoms with E-state index in [9.17, 15) is 0 Å². The van der Waals surface area contributed by atoms with Crippen LogP contribution in [0.25, 0.3) is 27.9 Å². The molecule has 4 aromatic rings. The number of nitrogens with one attached hydrogen (secondary N) is 1. The van der Waals surface area contributed by atoms with E-state index in [2.05, 4.69) is 33.4 Å². The highest BCUT2D eigenvalue weighted by atomic mass is 19.1. The van der Waals surface area contributed by atoms with Crippen LogP contribution >= 0.6 is 0 Å². The van der Waals surface area contributed by atoms with Crippen LogP contribution in [0.15, 0.2) is 79.3 Å². The van der Waals surface area contributed by atoms with Gasteiger partial charge in [0.1, 0.15) is 11.6 Å². The number of aromatic amines is 1. The SMILES string of the molecule is C=C/C(=C\C(=C/C)c1ccc(N)c(Cc2nc3nccc(-c4ccncc4)c3[nH]2)c1F)CCC. The van der Waals surface area contributed by atoms with Crippen LogP contribution in [0.5, 0.6) is 0 Å². The molecule has 6 heteroatoms. The number of allylic oxidation sites excluding steroid dienone is 5. The molecule has 0 atom stereocenters. The summed E-state index contributed by atoms with van der Waals surface area (Å²) in [6.45, 7) is 7.90. The highest BCUT2D eigenvalue weighted by Crippen LogP contribution is 2.30. The molecule has 0 aliphatic heterocycles. The van der Waals surface area contributed by atoms with Gasteiger partial charge in [0.2, 0.25) is 0 Å². The van der Waals surface area contributed by atoms with Crippen molar-refractivity contribution in [2.45, 2.75) is 33.1 Å². The average Bonchev–Trinajstić information content (AvgIpc) is 3.28. The number of benzene rings is 1. The van der Waals surface area contributed by atoms with Gasteiger partial charge in [0.05, 0.1) is 5.52 Å². The normalized spacial score (nSPS) is 12.3. The largest absolute Gasteiger partial charge is 0.398 e. The van der Waals surface area contributed by atoms with Gasteiger partial charge in [-0.15, -0.1) is 0 Å². The van der Waals surface area contributed by atoms with Crippen LogP contribution in [0.1, 0.15) is 43.6 Å². The number of nitrogens with zero attached hydrogens (tertiary/aromatic N) is 3. The summed E-state index contributed by atoms with van der Waals surface area (Å²) in [5.74, 6) is 0.258. The number of aromatic nitrogens is 4. The molecule has 0 unspecified atom stereocenters. The number of fused-ring (bicyclic) bond motifs is 1. The van der Waals surface area contributed by atoms with Gasteiger partial charge in [-0.1, -0.05) is 38.2 Å². The van der Waals surface area contributed by atoms with E-state index in [0.29, 0.717) is 28.3 Å². The number of nitrogens with two attached hydrogens (primary N) is 1. The van der Waals surface area contributed by atoms with Crippen molar-refractivity contribution in [3.8, 4) is 11.1 Å². The Morgan fingerprint density at radius 3 is 2.65 bits per heavy atom. The Morgan fingerprint density at radius 2 is 1.94 bits per heavy atom. The quantitative estimate of drug-likeness (QED) is 0.231. The third-order valence-corrected chi connectivity index (χ3v) is 5.82. The van der Waals surface area contributed by atoms with E-state index in [4.69, 9.17) is 5.73 Å². The highest BCUT2D eigenvalue weighted by Gasteiger charge is 2.17. The van der Waals surface area contributed by atoms with Gasteiger partial charge in [0.25, 0.3) is 0 Å². The third kappa shape index (κ3) is 4.66. The summed E-state index contributed by atoms with van der Waals surface area (Å²) in [6.07, 6.45) is 13.0. The molecule has 0 radical (unpaired) electrons. The Bertz CT molecular complexity index is 1380. The number of hydrogen-bond donors (Lipinski definition) is 2. The summed E-state index contributed by atoms with van der Waals surface area (Å²) >= 11 is 0. The maximum atomic E-state index is 15.8. The van der Waals surface area contributed by atoms with Crippen molar-refractivity contribution in [1.29, 1.82) is 0 Å². The van der Waals surface area contributed by atoms with Gasteiger partial charge in [-0.3, -0.25) is 4.98 Å². The first-order valence-electron chi connectivity index (χ1n) is 11.4. The van der Waals surface area contributed by atoms with E-state index in [1.54, 1.807) is 30.7 Å². The number of halogens is 1. The molecule has 0 aliphatic carbocycles. The van der Waals surface area contributed by atoms with Crippen molar-refractivity contribution in [2.75, 3.05) is 5.73 Å². The van der Waals surface area contributed by atoms with Gasteiger partial charge in [-0.25, -0.2) is 14.4 Å². The molecule has 1 aromatic carbocycles. The number of H-pyrrole nitrogens is 1. The number of pyridine rings is 2. The van der Waals surface area contributed by atoms with E-state index < -0.39 is 0 Å². The molecule has 0 aliphatic rings. The van der Waals surface area contributed by atoms with Gasteiger partial charge in [0, 0.05) is 47.4 Å². The van der Waals surface area contributed by atoms with Crippen molar-refractivity contribution in [2.24, 2.45) is 0 Å². The zero-order valence-corrected chi connectivity index (χ0v) is 19.5. The molecule has 34 heavy (non-hydrogen) atoms. The molecule has 3 aromatic heterocycles. The van der Waals surface area contributed by atoms with Gasteiger partial charge in [0.15, 0.2) is 5.65 Å². The van der Waals surface area contributed by atoms with Crippen LogP contribution in [0.4, 0.5) is 10.1 Å². The van der Waals surface area contributed by atoms with Crippen molar-refractivity contribution in [3.63, 3.8) is 0 Å². The first kappa shape index (κ1) is 23.1. The molecule has 0 saturated heterocycles.